The highest BCUT2D eigenvalue weighted by Crippen LogP contribution is 2.32. The molecule has 0 amide bonds. The van der Waals surface area contributed by atoms with Crippen molar-refractivity contribution in [1.29, 1.82) is 0 Å². The Hall–Kier alpha value is -0.760. The fraction of sp³-hybridized carbons (Fsp3) is 0.467. The topological polar surface area (TPSA) is 82.1 Å². The van der Waals surface area contributed by atoms with E-state index in [0.29, 0.717) is 7.14 Å². The molecule has 0 fully saturated rings. The van der Waals surface area contributed by atoms with E-state index in [1.807, 2.05) is 45.2 Å². The molecule has 0 heterocycles. The van der Waals surface area contributed by atoms with Gasteiger partial charge in [-0.1, -0.05) is 13.8 Å². The predicted molar refractivity (Wildman–Crippen MR) is 101 cm³/mol. The monoisotopic (exact) mass is 584 g/mol. The van der Waals surface area contributed by atoms with Crippen LogP contribution in [0.2, 0.25) is 0 Å². The largest absolute Gasteiger partial charge is 0.477 e. The lowest BCUT2D eigenvalue weighted by atomic mass is 10.0. The molecule has 0 aliphatic rings. The highest BCUT2D eigenvalue weighted by molar-refractivity contribution is 14.1. The number of halogens is 4. The summed E-state index contributed by atoms with van der Waals surface area (Å²) in [6, 6.07) is 3.13. The van der Waals surface area contributed by atoms with Crippen molar-refractivity contribution in [3.63, 3.8) is 0 Å². The number of ether oxygens (including phenoxy) is 3. The second kappa shape index (κ2) is 9.26. The summed E-state index contributed by atoms with van der Waals surface area (Å²) in [7, 11) is 1.39. The van der Waals surface area contributed by atoms with Crippen molar-refractivity contribution in [3.05, 3.63) is 24.8 Å². The molecule has 0 aliphatic carbocycles. The minimum Gasteiger partial charge on any atom is -0.477 e. The first-order valence-corrected chi connectivity index (χ1v) is 9.11. The second-order valence-corrected chi connectivity index (χ2v) is 7.72. The number of carbonyl (C=O) groups is 2. The van der Waals surface area contributed by atoms with Crippen molar-refractivity contribution in [2.45, 2.75) is 25.9 Å². The number of carboxylic acid groups (broad SMARTS) is 1. The maximum atomic E-state index is 13.9. The van der Waals surface area contributed by atoms with Crippen LogP contribution in [0.1, 0.15) is 24.2 Å². The van der Waals surface area contributed by atoms with Crippen molar-refractivity contribution in [2.24, 2.45) is 5.92 Å². The van der Waals surface area contributed by atoms with E-state index in [2.05, 4.69) is 0 Å². The molecular weight excluding hydrogens is 568 g/mol. The van der Waals surface area contributed by atoms with Gasteiger partial charge in [-0.05, 0) is 63.2 Å². The van der Waals surface area contributed by atoms with E-state index < -0.39 is 29.9 Å². The number of esters is 1. The zero-order valence-corrected chi connectivity index (χ0v) is 17.8. The molecule has 0 bridgehead atoms. The van der Waals surface area contributed by atoms with Gasteiger partial charge < -0.3 is 19.3 Å². The summed E-state index contributed by atoms with van der Waals surface area (Å²) in [5.74, 6) is -8.46. The molecule has 10 heteroatoms. The van der Waals surface area contributed by atoms with Gasteiger partial charge >= 0.3 is 17.9 Å². The number of alkyl halides is 2. The zero-order valence-electron chi connectivity index (χ0n) is 13.5. The quantitative estimate of drug-likeness (QED) is 0.285. The zero-order chi connectivity index (χ0) is 19.4. The van der Waals surface area contributed by atoms with E-state index in [-0.39, 0.29) is 18.1 Å². The molecule has 1 rings (SSSR count). The Balaban J connectivity index is 3.23. The number of carboxylic acids is 1. The summed E-state index contributed by atoms with van der Waals surface area (Å²) in [6.45, 7) is 2.53. The van der Waals surface area contributed by atoms with Crippen LogP contribution >= 0.6 is 45.2 Å². The molecule has 1 unspecified atom stereocenters. The molecule has 25 heavy (non-hydrogen) atoms. The van der Waals surface area contributed by atoms with Crippen LogP contribution in [0.15, 0.2) is 12.1 Å². The summed E-state index contributed by atoms with van der Waals surface area (Å²) in [5, 5.41) is 8.72. The smallest absolute Gasteiger partial charge is 0.378 e. The van der Waals surface area contributed by atoms with E-state index in [9.17, 15) is 18.4 Å². The number of hydrogen-bond donors (Lipinski definition) is 1. The molecule has 0 aromatic heterocycles. The maximum absolute atomic E-state index is 13.9. The molecule has 0 radical (unpaired) electrons. The Bertz CT molecular complexity index is 651. The van der Waals surface area contributed by atoms with Crippen LogP contribution in [0.3, 0.4) is 0 Å². The Morgan fingerprint density at radius 2 is 1.88 bits per heavy atom. The van der Waals surface area contributed by atoms with Crippen LogP contribution in [0.25, 0.3) is 0 Å². The van der Waals surface area contributed by atoms with Crippen molar-refractivity contribution in [1.82, 2.24) is 0 Å². The average Bonchev–Trinajstić information content (AvgIpc) is 2.50. The van der Waals surface area contributed by atoms with Gasteiger partial charge in [0, 0.05) is 10.7 Å². The Morgan fingerprint density at radius 1 is 1.28 bits per heavy atom. The predicted octanol–water partition coefficient (Wildman–Crippen LogP) is 3.78. The lowest BCUT2D eigenvalue weighted by Gasteiger charge is -2.27. The number of benzene rings is 1. The first-order chi connectivity index (χ1) is 11.5. The van der Waals surface area contributed by atoms with Crippen LogP contribution in [-0.4, -0.2) is 43.0 Å². The molecular formula is C15H16F2I2O6. The molecule has 0 saturated heterocycles. The lowest BCUT2D eigenvalue weighted by molar-refractivity contribution is -0.187. The van der Waals surface area contributed by atoms with Gasteiger partial charge in [0.2, 0.25) is 0 Å². The maximum Gasteiger partial charge on any atom is 0.378 e. The van der Waals surface area contributed by atoms with Gasteiger partial charge in [0.05, 0.1) is 3.57 Å². The summed E-state index contributed by atoms with van der Waals surface area (Å²) in [5.41, 5.74) is -0.0832. The van der Waals surface area contributed by atoms with Crippen LogP contribution < -0.4 is 4.74 Å². The van der Waals surface area contributed by atoms with Crippen molar-refractivity contribution in [3.8, 4) is 5.75 Å². The molecule has 1 aromatic rings. The summed E-state index contributed by atoms with van der Waals surface area (Å²) in [4.78, 5) is 23.3. The van der Waals surface area contributed by atoms with E-state index in [4.69, 9.17) is 19.3 Å². The minimum absolute atomic E-state index is 0.0832. The molecule has 1 N–H and O–H groups in total. The van der Waals surface area contributed by atoms with E-state index in [0.717, 1.165) is 0 Å². The van der Waals surface area contributed by atoms with E-state index >= 15 is 0 Å². The normalized spacial score (nSPS) is 12.8. The first-order valence-electron chi connectivity index (χ1n) is 6.95. The minimum atomic E-state index is -4.22. The molecule has 0 aliphatic heterocycles. The van der Waals surface area contributed by atoms with Crippen molar-refractivity contribution < 1.29 is 37.7 Å². The molecule has 140 valence electrons. The third-order valence-corrected chi connectivity index (χ3v) is 4.46. The molecule has 0 spiro atoms. The highest BCUT2D eigenvalue weighted by atomic mass is 127. The summed E-state index contributed by atoms with van der Waals surface area (Å²) >= 11 is 3.87. The Labute approximate surface area is 170 Å². The number of aliphatic carboxylic acids is 1. The molecule has 1 aromatic carbocycles. The van der Waals surface area contributed by atoms with Crippen LogP contribution in [0, 0.1) is 13.1 Å². The fourth-order valence-corrected chi connectivity index (χ4v) is 3.91. The van der Waals surface area contributed by atoms with Crippen LogP contribution in [0.4, 0.5) is 8.78 Å². The van der Waals surface area contributed by atoms with Gasteiger partial charge in [0.15, 0.2) is 12.9 Å². The standard InChI is InChI=1S/C15H16F2I2O6/c1-7(2)12(15(16,17)14(21)22)25-13(20)9-4-8(18)5-10(19)11(9)24-6-23-3/h4-5,7,12H,6H2,1-3H3,(H,21,22). The number of carbonyl (C=O) groups excluding carboxylic acids is 1. The van der Waals surface area contributed by atoms with Gasteiger partial charge in [0.1, 0.15) is 11.3 Å². The lowest BCUT2D eigenvalue weighted by Crippen LogP contribution is -2.47. The third-order valence-electron chi connectivity index (χ3n) is 3.03. The third kappa shape index (κ3) is 5.61. The van der Waals surface area contributed by atoms with Gasteiger partial charge in [-0.2, -0.15) is 8.78 Å². The molecule has 0 saturated carbocycles. The average molecular weight is 584 g/mol. The van der Waals surface area contributed by atoms with E-state index in [1.165, 1.54) is 27.0 Å². The van der Waals surface area contributed by atoms with Crippen LogP contribution in [0.5, 0.6) is 5.75 Å². The fourth-order valence-electron chi connectivity index (χ4n) is 1.91. The summed E-state index contributed by atoms with van der Waals surface area (Å²) < 4.78 is 43.9. The highest BCUT2D eigenvalue weighted by Gasteiger charge is 2.51. The number of methoxy groups -OCH3 is 1. The SMILES string of the molecule is COCOc1c(I)cc(I)cc1C(=O)OC(C(C)C)C(F)(F)C(=O)O. The summed E-state index contributed by atoms with van der Waals surface area (Å²) in [6.07, 6.45) is -2.12. The first kappa shape index (κ1) is 22.3. The van der Waals surface area contributed by atoms with Crippen molar-refractivity contribution >= 4 is 57.1 Å². The number of rotatable bonds is 8. The van der Waals surface area contributed by atoms with Gasteiger partial charge in [-0.3, -0.25) is 0 Å². The van der Waals surface area contributed by atoms with Crippen molar-refractivity contribution in [2.75, 3.05) is 13.9 Å². The van der Waals surface area contributed by atoms with E-state index in [1.54, 1.807) is 6.07 Å². The molecule has 6 nitrogen and oxygen atoms in total. The van der Waals surface area contributed by atoms with Gasteiger partial charge in [0.25, 0.3) is 0 Å². The Kier molecular flexibility index (Phi) is 8.25. The Morgan fingerprint density at radius 3 is 2.36 bits per heavy atom. The van der Waals surface area contributed by atoms with Crippen LogP contribution in [-0.2, 0) is 14.3 Å². The molecule has 1 atom stereocenters. The number of hydrogen-bond acceptors (Lipinski definition) is 5. The second-order valence-electron chi connectivity index (χ2n) is 5.31. The van der Waals surface area contributed by atoms with Gasteiger partial charge in [-0.15, -0.1) is 0 Å². The van der Waals surface area contributed by atoms with Gasteiger partial charge in [-0.25, -0.2) is 9.59 Å².